The first-order chi connectivity index (χ1) is 13.6. The molecule has 1 N–H and O–H groups in total. The highest BCUT2D eigenvalue weighted by molar-refractivity contribution is 6.02. The SMILES string of the molecule is COc1ccc(C2=C(c3ccc(O)cc3)COc3c2ccc(OC)c3C)cc1. The van der Waals surface area contributed by atoms with Crippen LogP contribution in [-0.2, 0) is 0 Å². The Labute approximate surface area is 164 Å². The van der Waals surface area contributed by atoms with Crippen molar-refractivity contribution < 1.29 is 19.3 Å². The molecular formula is C24H22O4. The largest absolute Gasteiger partial charge is 0.508 e. The van der Waals surface area contributed by atoms with E-state index in [2.05, 4.69) is 12.1 Å². The van der Waals surface area contributed by atoms with Gasteiger partial charge in [-0.15, -0.1) is 0 Å². The zero-order valence-corrected chi connectivity index (χ0v) is 16.2. The van der Waals surface area contributed by atoms with Crippen LogP contribution in [-0.4, -0.2) is 25.9 Å². The highest BCUT2D eigenvalue weighted by Gasteiger charge is 2.25. The third-order valence-corrected chi connectivity index (χ3v) is 5.10. The van der Waals surface area contributed by atoms with E-state index in [9.17, 15) is 5.11 Å². The highest BCUT2D eigenvalue weighted by atomic mass is 16.5. The first-order valence-electron chi connectivity index (χ1n) is 9.10. The van der Waals surface area contributed by atoms with Crippen molar-refractivity contribution in [2.24, 2.45) is 0 Å². The Balaban J connectivity index is 1.96. The van der Waals surface area contributed by atoms with Crippen LogP contribution in [0.25, 0.3) is 11.1 Å². The van der Waals surface area contributed by atoms with E-state index < -0.39 is 0 Å². The number of methoxy groups -OCH3 is 2. The smallest absolute Gasteiger partial charge is 0.134 e. The van der Waals surface area contributed by atoms with Gasteiger partial charge in [0.05, 0.1) is 14.2 Å². The summed E-state index contributed by atoms with van der Waals surface area (Å²) >= 11 is 0. The summed E-state index contributed by atoms with van der Waals surface area (Å²) in [5.74, 6) is 2.70. The fourth-order valence-electron chi connectivity index (χ4n) is 3.63. The molecule has 0 aromatic heterocycles. The van der Waals surface area contributed by atoms with E-state index in [-0.39, 0.29) is 5.75 Å². The monoisotopic (exact) mass is 374 g/mol. The second-order valence-corrected chi connectivity index (χ2v) is 6.69. The first kappa shape index (κ1) is 18.0. The van der Waals surface area contributed by atoms with Crippen molar-refractivity contribution in [1.82, 2.24) is 0 Å². The number of ether oxygens (including phenoxy) is 3. The third-order valence-electron chi connectivity index (χ3n) is 5.10. The number of rotatable bonds is 4. The topological polar surface area (TPSA) is 47.9 Å². The van der Waals surface area contributed by atoms with E-state index in [1.54, 1.807) is 26.4 Å². The molecule has 0 amide bonds. The summed E-state index contributed by atoms with van der Waals surface area (Å²) in [6, 6.07) is 19.3. The molecule has 4 nitrogen and oxygen atoms in total. The van der Waals surface area contributed by atoms with Crippen LogP contribution in [0, 0.1) is 6.92 Å². The Hall–Kier alpha value is -3.40. The molecule has 4 heteroatoms. The Morgan fingerprint density at radius 1 is 0.821 bits per heavy atom. The van der Waals surface area contributed by atoms with E-state index in [4.69, 9.17) is 14.2 Å². The second-order valence-electron chi connectivity index (χ2n) is 6.69. The zero-order chi connectivity index (χ0) is 19.7. The molecule has 1 heterocycles. The predicted octanol–water partition coefficient (Wildman–Crippen LogP) is 5.07. The Bertz CT molecular complexity index is 1030. The van der Waals surface area contributed by atoms with Gasteiger partial charge in [0, 0.05) is 16.7 Å². The summed E-state index contributed by atoms with van der Waals surface area (Å²) in [7, 11) is 3.33. The van der Waals surface area contributed by atoms with Crippen LogP contribution in [0.4, 0.5) is 0 Å². The van der Waals surface area contributed by atoms with E-state index >= 15 is 0 Å². The van der Waals surface area contributed by atoms with Gasteiger partial charge in [0.2, 0.25) is 0 Å². The lowest BCUT2D eigenvalue weighted by Gasteiger charge is -2.27. The number of hydrogen-bond acceptors (Lipinski definition) is 4. The number of benzene rings is 3. The van der Waals surface area contributed by atoms with E-state index in [0.717, 1.165) is 50.6 Å². The molecule has 0 radical (unpaired) electrons. The fourth-order valence-corrected chi connectivity index (χ4v) is 3.63. The Kier molecular flexibility index (Phi) is 4.70. The van der Waals surface area contributed by atoms with Gasteiger partial charge in [-0.05, 0) is 60.0 Å². The fraction of sp³-hybridized carbons (Fsp3) is 0.167. The van der Waals surface area contributed by atoms with Gasteiger partial charge in [-0.2, -0.15) is 0 Å². The number of fused-ring (bicyclic) bond motifs is 1. The van der Waals surface area contributed by atoms with Crippen LogP contribution in [0.15, 0.2) is 60.7 Å². The maximum Gasteiger partial charge on any atom is 0.134 e. The second kappa shape index (κ2) is 7.31. The van der Waals surface area contributed by atoms with Crippen molar-refractivity contribution >= 4 is 11.1 Å². The Morgan fingerprint density at radius 3 is 2.14 bits per heavy atom. The minimum atomic E-state index is 0.244. The molecule has 0 spiro atoms. The minimum Gasteiger partial charge on any atom is -0.508 e. The van der Waals surface area contributed by atoms with E-state index in [1.807, 2.05) is 43.3 Å². The van der Waals surface area contributed by atoms with Crippen molar-refractivity contribution in [3.8, 4) is 23.0 Å². The predicted molar refractivity (Wildman–Crippen MR) is 110 cm³/mol. The van der Waals surface area contributed by atoms with Crippen LogP contribution in [0.3, 0.4) is 0 Å². The quantitative estimate of drug-likeness (QED) is 0.693. The summed E-state index contributed by atoms with van der Waals surface area (Å²) in [6.45, 7) is 2.45. The van der Waals surface area contributed by atoms with Gasteiger partial charge in [-0.1, -0.05) is 24.3 Å². The minimum absolute atomic E-state index is 0.244. The zero-order valence-electron chi connectivity index (χ0n) is 16.2. The van der Waals surface area contributed by atoms with Gasteiger partial charge >= 0.3 is 0 Å². The number of hydrogen-bond donors (Lipinski definition) is 1. The molecule has 0 fully saturated rings. The van der Waals surface area contributed by atoms with Crippen molar-refractivity contribution in [1.29, 1.82) is 0 Å². The maximum absolute atomic E-state index is 9.67. The lowest BCUT2D eigenvalue weighted by atomic mass is 9.86. The van der Waals surface area contributed by atoms with Crippen LogP contribution in [0.5, 0.6) is 23.0 Å². The molecule has 28 heavy (non-hydrogen) atoms. The summed E-state index contributed by atoms with van der Waals surface area (Å²) in [6.07, 6.45) is 0. The van der Waals surface area contributed by atoms with Crippen LogP contribution in [0.2, 0.25) is 0 Å². The molecule has 0 bridgehead atoms. The molecule has 1 aliphatic rings. The number of phenols is 1. The van der Waals surface area contributed by atoms with Gasteiger partial charge in [0.25, 0.3) is 0 Å². The average molecular weight is 374 g/mol. The van der Waals surface area contributed by atoms with Crippen molar-refractivity contribution in [2.75, 3.05) is 20.8 Å². The van der Waals surface area contributed by atoms with Crippen LogP contribution in [0.1, 0.15) is 22.3 Å². The third kappa shape index (κ3) is 3.07. The lowest BCUT2D eigenvalue weighted by Crippen LogP contribution is -2.13. The van der Waals surface area contributed by atoms with Crippen molar-refractivity contribution in [2.45, 2.75) is 6.92 Å². The highest BCUT2D eigenvalue weighted by Crippen LogP contribution is 2.45. The van der Waals surface area contributed by atoms with Gasteiger partial charge in [0.15, 0.2) is 0 Å². The maximum atomic E-state index is 9.67. The number of aromatic hydroxyl groups is 1. The molecule has 0 atom stereocenters. The van der Waals surface area contributed by atoms with E-state index in [1.165, 1.54) is 0 Å². The number of phenolic OH excluding ortho intramolecular Hbond substituents is 1. The molecule has 1 aliphatic heterocycles. The van der Waals surface area contributed by atoms with Crippen molar-refractivity contribution in [3.63, 3.8) is 0 Å². The summed E-state index contributed by atoms with van der Waals surface area (Å²) in [4.78, 5) is 0. The van der Waals surface area contributed by atoms with Crippen LogP contribution >= 0.6 is 0 Å². The lowest BCUT2D eigenvalue weighted by molar-refractivity contribution is 0.354. The summed E-state index contributed by atoms with van der Waals surface area (Å²) in [5, 5.41) is 9.67. The molecule has 0 aliphatic carbocycles. The van der Waals surface area contributed by atoms with Gasteiger partial charge in [0.1, 0.15) is 29.6 Å². The molecule has 0 saturated carbocycles. The Morgan fingerprint density at radius 2 is 1.50 bits per heavy atom. The van der Waals surface area contributed by atoms with E-state index in [0.29, 0.717) is 6.61 Å². The molecule has 3 aromatic carbocycles. The standard InChI is InChI=1S/C24H22O4/c1-15-22(27-3)13-12-20-23(17-6-10-19(26-2)11-7-17)21(14-28-24(15)20)16-4-8-18(25)9-5-16/h4-13,25H,14H2,1-3H3. The molecule has 0 saturated heterocycles. The van der Waals surface area contributed by atoms with Gasteiger partial charge in [-0.25, -0.2) is 0 Å². The molecule has 142 valence electrons. The van der Waals surface area contributed by atoms with Gasteiger partial charge in [-0.3, -0.25) is 0 Å². The summed E-state index contributed by atoms with van der Waals surface area (Å²) in [5.41, 5.74) is 6.29. The first-order valence-corrected chi connectivity index (χ1v) is 9.10. The normalized spacial score (nSPS) is 13.0. The molecule has 4 rings (SSSR count). The van der Waals surface area contributed by atoms with Gasteiger partial charge < -0.3 is 19.3 Å². The van der Waals surface area contributed by atoms with Crippen molar-refractivity contribution in [3.05, 3.63) is 82.9 Å². The molecule has 3 aromatic rings. The molecule has 0 unspecified atom stereocenters. The van der Waals surface area contributed by atoms with Crippen LogP contribution < -0.4 is 14.2 Å². The average Bonchev–Trinajstić information content (AvgIpc) is 2.74. The summed E-state index contributed by atoms with van der Waals surface area (Å²) < 4.78 is 16.9. The molecular weight excluding hydrogens is 352 g/mol.